The third-order valence-electron chi connectivity index (χ3n) is 4.29. The molecule has 1 aromatic heterocycles. The maximum Gasteiger partial charge on any atom is 0.434 e. The first-order chi connectivity index (χ1) is 11.8. The van der Waals surface area contributed by atoms with Gasteiger partial charge in [0.25, 0.3) is 0 Å². The molecule has 0 fully saturated rings. The number of alkyl halides is 3. The SMILES string of the molecule is CC1=NC(C(F)(F)F)=C(C#N)[C@H](c2ccc3n[nH]c(C)c3c2)C1C#N. The zero-order valence-corrected chi connectivity index (χ0v) is 13.3. The van der Waals surface area contributed by atoms with Crippen LogP contribution in [0.4, 0.5) is 13.2 Å². The highest BCUT2D eigenvalue weighted by Gasteiger charge is 2.44. The molecular weight excluding hydrogens is 331 g/mol. The van der Waals surface area contributed by atoms with Gasteiger partial charge in [-0.2, -0.15) is 28.8 Å². The first-order valence-corrected chi connectivity index (χ1v) is 7.38. The molecule has 126 valence electrons. The third kappa shape index (κ3) is 2.66. The molecule has 1 aromatic carbocycles. The fourth-order valence-electron chi connectivity index (χ4n) is 3.08. The lowest BCUT2D eigenvalue weighted by atomic mass is 9.76. The molecule has 0 saturated carbocycles. The fourth-order valence-corrected chi connectivity index (χ4v) is 3.08. The number of rotatable bonds is 1. The zero-order valence-electron chi connectivity index (χ0n) is 13.3. The average molecular weight is 343 g/mol. The van der Waals surface area contributed by atoms with E-state index in [1.807, 2.05) is 6.07 Å². The van der Waals surface area contributed by atoms with Crippen LogP contribution < -0.4 is 0 Å². The van der Waals surface area contributed by atoms with E-state index in [0.717, 1.165) is 11.1 Å². The molecule has 1 aliphatic rings. The number of H-pyrrole nitrogens is 1. The quantitative estimate of drug-likeness (QED) is 0.851. The van der Waals surface area contributed by atoms with E-state index in [9.17, 15) is 23.7 Å². The second kappa shape index (κ2) is 5.75. The van der Waals surface area contributed by atoms with E-state index >= 15 is 0 Å². The molecule has 2 heterocycles. The first-order valence-electron chi connectivity index (χ1n) is 7.38. The second-order valence-electron chi connectivity index (χ2n) is 5.83. The summed E-state index contributed by atoms with van der Waals surface area (Å²) in [6.07, 6.45) is -4.76. The van der Waals surface area contributed by atoms with Gasteiger partial charge in [-0.25, -0.2) is 0 Å². The Morgan fingerprint density at radius 2 is 1.92 bits per heavy atom. The van der Waals surface area contributed by atoms with Crippen LogP contribution in [0.3, 0.4) is 0 Å². The highest BCUT2D eigenvalue weighted by Crippen LogP contribution is 2.43. The lowest BCUT2D eigenvalue weighted by molar-refractivity contribution is -0.0935. The zero-order chi connectivity index (χ0) is 18.4. The first kappa shape index (κ1) is 16.7. The fraction of sp³-hybridized carbons (Fsp3) is 0.294. The van der Waals surface area contributed by atoms with Gasteiger partial charge in [-0.1, -0.05) is 6.07 Å². The molecule has 25 heavy (non-hydrogen) atoms. The van der Waals surface area contributed by atoms with Crippen molar-refractivity contribution in [1.29, 1.82) is 10.5 Å². The highest BCUT2D eigenvalue weighted by molar-refractivity contribution is 5.91. The van der Waals surface area contributed by atoms with Crippen molar-refractivity contribution in [2.45, 2.75) is 25.9 Å². The molecule has 2 atom stereocenters. The maximum absolute atomic E-state index is 13.3. The number of nitrogens with zero attached hydrogens (tertiary/aromatic N) is 4. The number of aromatic amines is 1. The van der Waals surface area contributed by atoms with Crippen molar-refractivity contribution in [2.24, 2.45) is 10.9 Å². The van der Waals surface area contributed by atoms with Gasteiger partial charge in [0.15, 0.2) is 5.70 Å². The lowest BCUT2D eigenvalue weighted by Gasteiger charge is -2.28. The minimum absolute atomic E-state index is 0.0443. The van der Waals surface area contributed by atoms with E-state index in [0.29, 0.717) is 11.1 Å². The Hall–Kier alpha value is -3.13. The van der Waals surface area contributed by atoms with Crippen molar-refractivity contribution >= 4 is 16.6 Å². The lowest BCUT2D eigenvalue weighted by Crippen LogP contribution is -2.29. The summed E-state index contributed by atoms with van der Waals surface area (Å²) in [5.41, 5.74) is 0.150. The van der Waals surface area contributed by atoms with Crippen LogP contribution in [-0.2, 0) is 0 Å². The van der Waals surface area contributed by atoms with E-state index in [1.54, 1.807) is 31.2 Å². The summed E-state index contributed by atoms with van der Waals surface area (Å²) in [4.78, 5) is 3.51. The molecule has 0 spiro atoms. The molecule has 2 aromatic rings. The van der Waals surface area contributed by atoms with Crippen LogP contribution in [-0.4, -0.2) is 22.1 Å². The van der Waals surface area contributed by atoms with Crippen molar-refractivity contribution in [1.82, 2.24) is 10.2 Å². The second-order valence-corrected chi connectivity index (χ2v) is 5.83. The number of nitrogens with one attached hydrogen (secondary N) is 1. The van der Waals surface area contributed by atoms with Gasteiger partial charge in [-0.3, -0.25) is 10.1 Å². The largest absolute Gasteiger partial charge is 0.434 e. The Labute approximate surface area is 141 Å². The summed E-state index contributed by atoms with van der Waals surface area (Å²) < 4.78 is 40.0. The summed E-state index contributed by atoms with van der Waals surface area (Å²) in [6, 6.07) is 8.55. The smallest absolute Gasteiger partial charge is 0.282 e. The number of nitriles is 2. The van der Waals surface area contributed by atoms with Crippen molar-refractivity contribution < 1.29 is 13.2 Å². The molecule has 0 bridgehead atoms. The predicted molar refractivity (Wildman–Crippen MR) is 84.5 cm³/mol. The number of aryl methyl sites for hydroxylation is 1. The Balaban J connectivity index is 2.27. The van der Waals surface area contributed by atoms with Gasteiger partial charge in [0, 0.05) is 22.7 Å². The standard InChI is InChI=1S/C17H12F3N5/c1-8-12(6-21)15(13(7-22)16(23-8)17(18,19)20)10-3-4-14-11(5-10)9(2)24-25-14/h3-5,12,15H,1-2H3,(H,24,25)/t12?,15-/m1/s1. The Morgan fingerprint density at radius 3 is 2.52 bits per heavy atom. The number of allylic oxidation sites excluding steroid dienone is 2. The van der Waals surface area contributed by atoms with Crippen molar-refractivity contribution in [3.8, 4) is 12.1 Å². The summed E-state index contributed by atoms with van der Waals surface area (Å²) in [5.74, 6) is -1.96. The topological polar surface area (TPSA) is 88.6 Å². The molecule has 3 rings (SSSR count). The van der Waals surface area contributed by atoms with Crippen LogP contribution in [0.15, 0.2) is 34.5 Å². The van der Waals surface area contributed by atoms with E-state index in [4.69, 9.17) is 0 Å². The van der Waals surface area contributed by atoms with Gasteiger partial charge in [0.2, 0.25) is 0 Å². The number of aliphatic imine (C=N–C) groups is 1. The number of hydrogen-bond acceptors (Lipinski definition) is 4. The van der Waals surface area contributed by atoms with Gasteiger partial charge in [0.05, 0.1) is 29.1 Å². The molecule has 1 N–H and O–H groups in total. The molecule has 0 aliphatic carbocycles. The minimum Gasteiger partial charge on any atom is -0.282 e. The van der Waals surface area contributed by atoms with Crippen molar-refractivity contribution in [3.05, 3.63) is 40.7 Å². The molecule has 1 aliphatic heterocycles. The highest BCUT2D eigenvalue weighted by atomic mass is 19.4. The Kier molecular flexibility index (Phi) is 3.84. The van der Waals surface area contributed by atoms with Gasteiger partial charge >= 0.3 is 6.18 Å². The summed E-state index contributed by atoms with van der Waals surface area (Å²) >= 11 is 0. The molecule has 8 heteroatoms. The van der Waals surface area contributed by atoms with E-state index in [2.05, 4.69) is 15.2 Å². The van der Waals surface area contributed by atoms with E-state index < -0.39 is 29.3 Å². The summed E-state index contributed by atoms with van der Waals surface area (Å²) in [7, 11) is 0. The Bertz CT molecular complexity index is 998. The molecular formula is C17H12F3N5. The van der Waals surface area contributed by atoms with Crippen LogP contribution in [0.2, 0.25) is 0 Å². The van der Waals surface area contributed by atoms with Gasteiger partial charge in [-0.05, 0) is 31.5 Å². The van der Waals surface area contributed by atoms with Crippen molar-refractivity contribution in [2.75, 3.05) is 0 Å². The Morgan fingerprint density at radius 1 is 1.20 bits per heavy atom. The van der Waals surface area contributed by atoms with Crippen molar-refractivity contribution in [3.63, 3.8) is 0 Å². The summed E-state index contributed by atoms with van der Waals surface area (Å²) in [5, 5.41) is 26.5. The number of fused-ring (bicyclic) bond motifs is 1. The monoisotopic (exact) mass is 343 g/mol. The van der Waals surface area contributed by atoms with Crippen LogP contribution in [0.1, 0.15) is 24.1 Å². The number of benzene rings is 1. The summed E-state index contributed by atoms with van der Waals surface area (Å²) in [6.45, 7) is 3.17. The number of halogens is 3. The van der Waals surface area contributed by atoms with E-state index in [-0.39, 0.29) is 5.71 Å². The average Bonchev–Trinajstić information content (AvgIpc) is 2.93. The van der Waals surface area contributed by atoms with Crippen LogP contribution in [0.5, 0.6) is 0 Å². The number of aromatic nitrogens is 2. The minimum atomic E-state index is -4.76. The van der Waals surface area contributed by atoms with E-state index in [1.165, 1.54) is 6.92 Å². The van der Waals surface area contributed by atoms with Crippen LogP contribution in [0.25, 0.3) is 10.9 Å². The molecule has 0 saturated heterocycles. The molecule has 1 unspecified atom stereocenters. The molecule has 5 nitrogen and oxygen atoms in total. The molecule has 0 radical (unpaired) electrons. The molecule has 0 amide bonds. The normalized spacial score (nSPS) is 21.0. The third-order valence-corrected chi connectivity index (χ3v) is 4.29. The van der Waals surface area contributed by atoms with Gasteiger partial charge < -0.3 is 0 Å². The van der Waals surface area contributed by atoms with Gasteiger partial charge in [0.1, 0.15) is 0 Å². The van der Waals surface area contributed by atoms with Crippen LogP contribution >= 0.6 is 0 Å². The number of hydrogen-bond donors (Lipinski definition) is 1. The maximum atomic E-state index is 13.3. The van der Waals surface area contributed by atoms with Crippen LogP contribution in [0, 0.1) is 35.5 Å². The van der Waals surface area contributed by atoms with Gasteiger partial charge in [-0.15, -0.1) is 0 Å². The predicted octanol–water partition coefficient (Wildman–Crippen LogP) is 3.91.